The smallest absolute Gasteiger partial charge is 0.169 e. The summed E-state index contributed by atoms with van der Waals surface area (Å²) in [5.41, 5.74) is 0.569. The van der Waals surface area contributed by atoms with Crippen LogP contribution in [0, 0.1) is 5.41 Å². The second-order valence-corrected chi connectivity index (χ2v) is 4.63. The lowest BCUT2D eigenvalue weighted by Crippen LogP contribution is -2.67. The fourth-order valence-corrected chi connectivity index (χ4v) is 3.11. The first kappa shape index (κ1) is 10.4. The molecule has 0 aromatic heterocycles. The molecule has 2 saturated heterocycles. The van der Waals surface area contributed by atoms with E-state index in [1.165, 1.54) is 13.1 Å². The van der Waals surface area contributed by atoms with Gasteiger partial charge in [0.15, 0.2) is 5.79 Å². The lowest BCUT2D eigenvalue weighted by atomic mass is 9.60. The number of rotatable bonds is 0. The van der Waals surface area contributed by atoms with Crippen LogP contribution in [0.15, 0.2) is 0 Å². The summed E-state index contributed by atoms with van der Waals surface area (Å²) in [7, 11) is 2.17. The van der Waals surface area contributed by atoms with E-state index in [9.17, 15) is 0 Å². The van der Waals surface area contributed by atoms with E-state index in [1.807, 2.05) is 13.8 Å². The normalized spacial score (nSPS) is 31.9. The van der Waals surface area contributed by atoms with Crippen molar-refractivity contribution >= 4 is 0 Å². The Labute approximate surface area is 86.4 Å². The van der Waals surface area contributed by atoms with E-state index in [1.54, 1.807) is 0 Å². The molecule has 2 heterocycles. The molecular formula is C11H21NO2. The molecule has 1 aliphatic carbocycles. The minimum absolute atomic E-state index is 0.138. The van der Waals surface area contributed by atoms with E-state index in [-0.39, 0.29) is 5.79 Å². The molecule has 0 radical (unpaired) electrons. The zero-order valence-corrected chi connectivity index (χ0v) is 9.51. The van der Waals surface area contributed by atoms with Gasteiger partial charge in [0.05, 0.1) is 13.2 Å². The summed E-state index contributed by atoms with van der Waals surface area (Å²) in [5, 5.41) is 0. The summed E-state index contributed by atoms with van der Waals surface area (Å²) in [6.45, 7) is 8.07. The van der Waals surface area contributed by atoms with Crippen molar-refractivity contribution in [3.63, 3.8) is 0 Å². The molecule has 14 heavy (non-hydrogen) atoms. The molecule has 0 N–H and O–H groups in total. The van der Waals surface area contributed by atoms with E-state index in [4.69, 9.17) is 9.47 Å². The van der Waals surface area contributed by atoms with Gasteiger partial charge in [0, 0.05) is 31.3 Å². The molecule has 3 nitrogen and oxygen atoms in total. The minimum atomic E-state index is -0.138. The summed E-state index contributed by atoms with van der Waals surface area (Å²) in [4.78, 5) is 2.36. The molecule has 0 bridgehead atoms. The Balaban J connectivity index is 0.000000354. The maximum atomic E-state index is 5.60. The molecule has 3 rings (SSSR count). The molecule has 82 valence electrons. The number of nitrogens with zero attached hydrogens (tertiary/aromatic N) is 1. The first-order valence-corrected chi connectivity index (χ1v) is 5.69. The second-order valence-electron chi connectivity index (χ2n) is 4.63. The largest absolute Gasteiger partial charge is 0.347 e. The first-order chi connectivity index (χ1) is 6.72. The van der Waals surface area contributed by atoms with E-state index >= 15 is 0 Å². The van der Waals surface area contributed by atoms with E-state index in [0.717, 1.165) is 26.1 Å². The van der Waals surface area contributed by atoms with Gasteiger partial charge in [-0.15, -0.1) is 0 Å². The van der Waals surface area contributed by atoms with Crippen molar-refractivity contribution in [1.82, 2.24) is 4.90 Å². The highest BCUT2D eigenvalue weighted by atomic mass is 16.7. The number of hydrogen-bond acceptors (Lipinski definition) is 3. The zero-order chi connectivity index (χ0) is 10.2. The lowest BCUT2D eigenvalue weighted by Gasteiger charge is -2.61. The number of ether oxygens (including phenoxy) is 2. The quantitative estimate of drug-likeness (QED) is 0.590. The average Bonchev–Trinajstić information content (AvgIpc) is 2.53. The number of likely N-dealkylation sites (tertiary alicyclic amines) is 1. The fourth-order valence-electron chi connectivity index (χ4n) is 3.11. The van der Waals surface area contributed by atoms with Gasteiger partial charge in [-0.05, 0) is 7.05 Å². The minimum Gasteiger partial charge on any atom is -0.347 e. The molecule has 0 aromatic rings. The third-order valence-corrected chi connectivity index (χ3v) is 3.31. The van der Waals surface area contributed by atoms with Crippen molar-refractivity contribution in [2.75, 3.05) is 33.4 Å². The van der Waals surface area contributed by atoms with Crippen molar-refractivity contribution in [2.45, 2.75) is 32.5 Å². The Morgan fingerprint density at radius 2 is 1.50 bits per heavy atom. The van der Waals surface area contributed by atoms with Gasteiger partial charge in [-0.2, -0.15) is 0 Å². The Kier molecular flexibility index (Phi) is 2.58. The molecule has 2 aliphatic heterocycles. The average molecular weight is 199 g/mol. The van der Waals surface area contributed by atoms with E-state index < -0.39 is 0 Å². The highest BCUT2D eigenvalue weighted by Crippen LogP contribution is 2.56. The molecule has 3 aliphatic rings. The molecular weight excluding hydrogens is 178 g/mol. The summed E-state index contributed by atoms with van der Waals surface area (Å²) in [5.74, 6) is -0.138. The van der Waals surface area contributed by atoms with Gasteiger partial charge in [-0.3, -0.25) is 0 Å². The van der Waals surface area contributed by atoms with Crippen LogP contribution in [0.1, 0.15) is 26.7 Å². The van der Waals surface area contributed by atoms with Crippen molar-refractivity contribution in [1.29, 1.82) is 0 Å². The SMILES string of the molecule is CC.CN1CC2(C1)CC1(C2)OCCO1. The Bertz CT molecular complexity index is 195. The van der Waals surface area contributed by atoms with Gasteiger partial charge in [-0.1, -0.05) is 13.8 Å². The maximum Gasteiger partial charge on any atom is 0.169 e. The molecule has 2 spiro atoms. The third kappa shape index (κ3) is 1.47. The molecule has 0 unspecified atom stereocenters. The van der Waals surface area contributed by atoms with Gasteiger partial charge in [-0.25, -0.2) is 0 Å². The fraction of sp³-hybridized carbons (Fsp3) is 1.00. The predicted octanol–water partition coefficient (Wildman–Crippen LogP) is 1.48. The van der Waals surface area contributed by atoms with Gasteiger partial charge < -0.3 is 14.4 Å². The molecule has 3 heteroatoms. The predicted molar refractivity (Wildman–Crippen MR) is 55.1 cm³/mol. The van der Waals surface area contributed by atoms with Crippen LogP contribution in [0.3, 0.4) is 0 Å². The van der Waals surface area contributed by atoms with Crippen LogP contribution in [0.25, 0.3) is 0 Å². The van der Waals surface area contributed by atoms with Crippen molar-refractivity contribution < 1.29 is 9.47 Å². The molecule has 3 fully saturated rings. The summed E-state index contributed by atoms with van der Waals surface area (Å²) in [6.07, 6.45) is 2.26. The van der Waals surface area contributed by atoms with E-state index in [0.29, 0.717) is 5.41 Å². The molecule has 0 aromatic carbocycles. The lowest BCUT2D eigenvalue weighted by molar-refractivity contribution is -0.287. The summed E-state index contributed by atoms with van der Waals surface area (Å²) in [6, 6.07) is 0. The van der Waals surface area contributed by atoms with Crippen LogP contribution in [0.5, 0.6) is 0 Å². The van der Waals surface area contributed by atoms with Gasteiger partial charge >= 0.3 is 0 Å². The van der Waals surface area contributed by atoms with Crippen molar-refractivity contribution in [3.05, 3.63) is 0 Å². The van der Waals surface area contributed by atoms with Gasteiger partial charge in [0.2, 0.25) is 0 Å². The summed E-state index contributed by atoms with van der Waals surface area (Å²) >= 11 is 0. The Hall–Kier alpha value is -0.120. The highest BCUT2D eigenvalue weighted by molar-refractivity contribution is 5.08. The third-order valence-electron chi connectivity index (χ3n) is 3.31. The first-order valence-electron chi connectivity index (χ1n) is 5.69. The Morgan fingerprint density at radius 1 is 1.00 bits per heavy atom. The van der Waals surface area contributed by atoms with E-state index in [2.05, 4.69) is 11.9 Å². The molecule has 0 amide bonds. The topological polar surface area (TPSA) is 21.7 Å². The van der Waals surface area contributed by atoms with Crippen molar-refractivity contribution in [3.8, 4) is 0 Å². The standard InChI is InChI=1S/C9H15NO2.C2H6/c1-10-6-8(7-10)4-9(5-8)11-2-3-12-9;1-2/h2-7H2,1H3;1-2H3. The van der Waals surface area contributed by atoms with Crippen molar-refractivity contribution in [2.24, 2.45) is 5.41 Å². The van der Waals surface area contributed by atoms with Crippen LogP contribution < -0.4 is 0 Å². The molecule has 1 saturated carbocycles. The van der Waals surface area contributed by atoms with Crippen LogP contribution in [0.4, 0.5) is 0 Å². The number of hydrogen-bond donors (Lipinski definition) is 0. The molecule has 0 atom stereocenters. The van der Waals surface area contributed by atoms with Crippen LogP contribution in [-0.4, -0.2) is 44.0 Å². The van der Waals surface area contributed by atoms with Crippen LogP contribution >= 0.6 is 0 Å². The summed E-state index contributed by atoms with van der Waals surface area (Å²) < 4.78 is 11.2. The zero-order valence-electron chi connectivity index (χ0n) is 9.51. The van der Waals surface area contributed by atoms with Gasteiger partial charge in [0.1, 0.15) is 0 Å². The van der Waals surface area contributed by atoms with Crippen LogP contribution in [-0.2, 0) is 9.47 Å². The Morgan fingerprint density at radius 3 is 1.93 bits per heavy atom. The monoisotopic (exact) mass is 199 g/mol. The maximum absolute atomic E-state index is 5.60. The second kappa shape index (κ2) is 3.47. The van der Waals surface area contributed by atoms with Crippen LogP contribution in [0.2, 0.25) is 0 Å². The highest BCUT2D eigenvalue weighted by Gasteiger charge is 2.62. The van der Waals surface area contributed by atoms with Gasteiger partial charge in [0.25, 0.3) is 0 Å².